The Labute approximate surface area is 158 Å². The summed E-state index contributed by atoms with van der Waals surface area (Å²) >= 11 is 0. The van der Waals surface area contributed by atoms with E-state index in [9.17, 15) is 4.79 Å². The van der Waals surface area contributed by atoms with Gasteiger partial charge in [0.2, 0.25) is 5.95 Å². The summed E-state index contributed by atoms with van der Waals surface area (Å²) in [5.41, 5.74) is 4.70. The third-order valence-corrected chi connectivity index (χ3v) is 4.18. The van der Waals surface area contributed by atoms with Crippen LogP contribution in [-0.4, -0.2) is 22.5 Å². The molecule has 27 heavy (non-hydrogen) atoms. The molecular formula is C21H22N4O2. The summed E-state index contributed by atoms with van der Waals surface area (Å²) in [4.78, 5) is 20.5. The Hall–Kier alpha value is -3.41. The van der Waals surface area contributed by atoms with E-state index in [0.29, 0.717) is 23.9 Å². The molecule has 3 rings (SSSR count). The van der Waals surface area contributed by atoms with Crippen molar-refractivity contribution in [1.29, 1.82) is 0 Å². The lowest BCUT2D eigenvalue weighted by Gasteiger charge is -2.12. The number of aromatic nitrogens is 2. The highest BCUT2D eigenvalue weighted by Gasteiger charge is 2.07. The lowest BCUT2D eigenvalue weighted by molar-refractivity contribution is 0.0526. The van der Waals surface area contributed by atoms with Crippen LogP contribution in [0.1, 0.15) is 28.4 Å². The molecular weight excluding hydrogens is 340 g/mol. The van der Waals surface area contributed by atoms with Gasteiger partial charge in [0.1, 0.15) is 5.82 Å². The van der Waals surface area contributed by atoms with Gasteiger partial charge in [0, 0.05) is 17.6 Å². The maximum Gasteiger partial charge on any atom is 0.338 e. The van der Waals surface area contributed by atoms with Gasteiger partial charge in [-0.25, -0.2) is 9.78 Å². The molecule has 2 N–H and O–H groups in total. The van der Waals surface area contributed by atoms with E-state index < -0.39 is 0 Å². The van der Waals surface area contributed by atoms with Gasteiger partial charge in [-0.2, -0.15) is 4.98 Å². The van der Waals surface area contributed by atoms with Gasteiger partial charge in [-0.15, -0.1) is 0 Å². The van der Waals surface area contributed by atoms with Crippen LogP contribution in [0.3, 0.4) is 0 Å². The molecule has 0 amide bonds. The topological polar surface area (TPSA) is 76.1 Å². The molecule has 0 fully saturated rings. The summed E-state index contributed by atoms with van der Waals surface area (Å²) in [6.45, 7) is 6.29. The zero-order valence-corrected chi connectivity index (χ0v) is 15.6. The van der Waals surface area contributed by atoms with Crippen LogP contribution in [0.5, 0.6) is 0 Å². The van der Waals surface area contributed by atoms with Crippen molar-refractivity contribution in [2.75, 3.05) is 17.2 Å². The number of nitrogens with zero attached hydrogens (tertiary/aromatic N) is 2. The van der Waals surface area contributed by atoms with Gasteiger partial charge in [-0.3, -0.25) is 0 Å². The minimum Gasteiger partial charge on any atom is -0.462 e. The summed E-state index contributed by atoms with van der Waals surface area (Å²) in [7, 11) is 0. The fraction of sp³-hybridized carbons (Fsp3) is 0.190. The molecule has 0 saturated carbocycles. The van der Waals surface area contributed by atoms with E-state index in [2.05, 4.69) is 40.5 Å². The van der Waals surface area contributed by atoms with E-state index in [0.717, 1.165) is 11.4 Å². The van der Waals surface area contributed by atoms with Crippen LogP contribution in [-0.2, 0) is 4.74 Å². The van der Waals surface area contributed by atoms with Crippen molar-refractivity contribution >= 4 is 29.1 Å². The Morgan fingerprint density at radius 3 is 2.56 bits per heavy atom. The lowest BCUT2D eigenvalue weighted by atomic mass is 10.1. The highest BCUT2D eigenvalue weighted by Crippen LogP contribution is 2.22. The van der Waals surface area contributed by atoms with Crippen LogP contribution in [0.25, 0.3) is 0 Å². The summed E-state index contributed by atoms with van der Waals surface area (Å²) in [6.07, 6.45) is 1.69. The number of rotatable bonds is 6. The Morgan fingerprint density at radius 1 is 1.04 bits per heavy atom. The van der Waals surface area contributed by atoms with Crippen LogP contribution in [0.2, 0.25) is 0 Å². The molecule has 0 bridgehead atoms. The first-order valence-electron chi connectivity index (χ1n) is 8.77. The smallest absolute Gasteiger partial charge is 0.338 e. The fourth-order valence-corrected chi connectivity index (χ4v) is 2.55. The summed E-state index contributed by atoms with van der Waals surface area (Å²) < 4.78 is 4.98. The number of nitrogens with one attached hydrogen (secondary N) is 2. The minimum atomic E-state index is -0.333. The molecule has 6 nitrogen and oxygen atoms in total. The van der Waals surface area contributed by atoms with E-state index in [-0.39, 0.29) is 5.97 Å². The highest BCUT2D eigenvalue weighted by molar-refractivity contribution is 5.89. The number of aryl methyl sites for hydroxylation is 1. The lowest BCUT2D eigenvalue weighted by Crippen LogP contribution is -2.05. The number of carbonyl (C=O) groups excluding carboxylic acids is 1. The van der Waals surface area contributed by atoms with Crippen LogP contribution >= 0.6 is 0 Å². The molecule has 1 heterocycles. The zero-order valence-electron chi connectivity index (χ0n) is 15.6. The van der Waals surface area contributed by atoms with Gasteiger partial charge in [0.25, 0.3) is 0 Å². The second-order valence-corrected chi connectivity index (χ2v) is 6.06. The molecule has 0 aliphatic rings. The maximum absolute atomic E-state index is 11.7. The molecule has 3 aromatic rings. The molecule has 0 atom stereocenters. The number of hydrogen-bond donors (Lipinski definition) is 2. The van der Waals surface area contributed by atoms with Crippen molar-refractivity contribution in [1.82, 2.24) is 9.97 Å². The second-order valence-electron chi connectivity index (χ2n) is 6.06. The van der Waals surface area contributed by atoms with Gasteiger partial charge < -0.3 is 15.4 Å². The third-order valence-electron chi connectivity index (χ3n) is 4.18. The van der Waals surface area contributed by atoms with Crippen LogP contribution < -0.4 is 10.6 Å². The number of benzene rings is 2. The van der Waals surface area contributed by atoms with E-state index in [1.165, 1.54) is 11.1 Å². The van der Waals surface area contributed by atoms with Crippen molar-refractivity contribution in [3.63, 3.8) is 0 Å². The van der Waals surface area contributed by atoms with Crippen molar-refractivity contribution in [2.45, 2.75) is 20.8 Å². The average Bonchev–Trinajstić information content (AvgIpc) is 2.67. The van der Waals surface area contributed by atoms with Gasteiger partial charge in [0.05, 0.1) is 12.2 Å². The fourth-order valence-electron chi connectivity index (χ4n) is 2.55. The SMILES string of the molecule is CCOC(=O)c1ccc(Nc2nccc(Nc3cccc(C)c3C)n2)cc1. The average molecular weight is 362 g/mol. The molecule has 0 unspecified atom stereocenters. The van der Waals surface area contributed by atoms with E-state index in [4.69, 9.17) is 4.74 Å². The van der Waals surface area contributed by atoms with Crippen molar-refractivity contribution in [3.8, 4) is 0 Å². The minimum absolute atomic E-state index is 0.333. The summed E-state index contributed by atoms with van der Waals surface area (Å²) in [5.74, 6) is 0.832. The quantitative estimate of drug-likeness (QED) is 0.616. The molecule has 1 aromatic heterocycles. The molecule has 0 saturated heterocycles. The van der Waals surface area contributed by atoms with Gasteiger partial charge >= 0.3 is 5.97 Å². The Kier molecular flexibility index (Phi) is 5.66. The molecule has 0 aliphatic heterocycles. The third kappa shape index (κ3) is 4.61. The Morgan fingerprint density at radius 2 is 1.81 bits per heavy atom. The largest absolute Gasteiger partial charge is 0.462 e. The monoisotopic (exact) mass is 362 g/mol. The van der Waals surface area contributed by atoms with Crippen molar-refractivity contribution in [2.24, 2.45) is 0 Å². The number of anilines is 4. The molecule has 2 aromatic carbocycles. The number of carbonyl (C=O) groups is 1. The zero-order chi connectivity index (χ0) is 19.2. The summed E-state index contributed by atoms with van der Waals surface area (Å²) in [5, 5.41) is 6.46. The van der Waals surface area contributed by atoms with E-state index in [1.807, 2.05) is 18.2 Å². The predicted octanol–water partition coefficient (Wildman–Crippen LogP) is 4.76. The number of hydrogen-bond acceptors (Lipinski definition) is 6. The van der Waals surface area contributed by atoms with Gasteiger partial charge in [-0.05, 0) is 68.3 Å². The van der Waals surface area contributed by atoms with E-state index in [1.54, 1.807) is 37.4 Å². The first-order chi connectivity index (χ1) is 13.1. The first kappa shape index (κ1) is 18.4. The van der Waals surface area contributed by atoms with Crippen LogP contribution in [0.15, 0.2) is 54.7 Å². The molecule has 0 aliphatic carbocycles. The molecule has 0 radical (unpaired) electrons. The highest BCUT2D eigenvalue weighted by atomic mass is 16.5. The maximum atomic E-state index is 11.7. The Balaban J connectivity index is 1.72. The Bertz CT molecular complexity index is 939. The predicted molar refractivity (Wildman–Crippen MR) is 107 cm³/mol. The van der Waals surface area contributed by atoms with Crippen molar-refractivity contribution < 1.29 is 9.53 Å². The van der Waals surface area contributed by atoms with Crippen LogP contribution in [0.4, 0.5) is 23.1 Å². The number of esters is 1. The van der Waals surface area contributed by atoms with Crippen LogP contribution in [0, 0.1) is 13.8 Å². The molecule has 6 heteroatoms. The molecule has 138 valence electrons. The number of ether oxygens (including phenoxy) is 1. The second kappa shape index (κ2) is 8.31. The standard InChI is InChI=1S/C21H22N4O2/c1-4-27-20(26)16-8-10-17(11-9-16)23-21-22-13-12-19(25-21)24-18-7-5-6-14(2)15(18)3/h5-13H,4H2,1-3H3,(H2,22,23,24,25). The van der Waals surface area contributed by atoms with Gasteiger partial charge in [-0.1, -0.05) is 12.1 Å². The summed E-state index contributed by atoms with van der Waals surface area (Å²) in [6, 6.07) is 14.9. The van der Waals surface area contributed by atoms with E-state index >= 15 is 0 Å². The van der Waals surface area contributed by atoms with Crippen molar-refractivity contribution in [3.05, 3.63) is 71.4 Å². The normalized spacial score (nSPS) is 10.3. The molecule has 0 spiro atoms. The van der Waals surface area contributed by atoms with Gasteiger partial charge in [0.15, 0.2) is 0 Å². The first-order valence-corrected chi connectivity index (χ1v) is 8.77.